The van der Waals surface area contributed by atoms with Crippen molar-refractivity contribution in [3.05, 3.63) is 65.7 Å². The topological polar surface area (TPSA) is 35.6 Å². The summed E-state index contributed by atoms with van der Waals surface area (Å²) in [5.41, 5.74) is 0.398. The van der Waals surface area contributed by atoms with Crippen LogP contribution in [0.15, 0.2) is 54.6 Å². The summed E-state index contributed by atoms with van der Waals surface area (Å²) in [7, 11) is 0. The van der Waals surface area contributed by atoms with Crippen molar-refractivity contribution in [2.24, 2.45) is 5.92 Å². The summed E-state index contributed by atoms with van der Waals surface area (Å²) in [5.74, 6) is 0.787. The van der Waals surface area contributed by atoms with E-state index in [0.29, 0.717) is 6.54 Å². The number of rotatable bonds is 6. The minimum absolute atomic E-state index is 0.0496. The molecule has 34 heavy (non-hydrogen) atoms. The van der Waals surface area contributed by atoms with E-state index in [1.54, 1.807) is 4.90 Å². The lowest BCUT2D eigenvalue weighted by Gasteiger charge is -2.40. The Labute approximate surface area is 200 Å². The number of nitrogens with one attached hydrogen (secondary N) is 1. The van der Waals surface area contributed by atoms with Crippen LogP contribution in [0.4, 0.5) is 23.7 Å². The van der Waals surface area contributed by atoms with Crippen molar-refractivity contribution in [3.63, 3.8) is 0 Å². The number of likely N-dealkylation sites (tertiary alicyclic amines) is 1. The van der Waals surface area contributed by atoms with Gasteiger partial charge in [-0.25, -0.2) is 4.79 Å². The highest BCUT2D eigenvalue weighted by Gasteiger charge is 2.32. The van der Waals surface area contributed by atoms with Crippen molar-refractivity contribution in [2.75, 3.05) is 25.0 Å². The zero-order valence-corrected chi connectivity index (χ0v) is 19.6. The van der Waals surface area contributed by atoms with E-state index in [9.17, 15) is 18.0 Å². The van der Waals surface area contributed by atoms with Gasteiger partial charge in [-0.3, -0.25) is 0 Å². The van der Waals surface area contributed by atoms with Gasteiger partial charge in [0.05, 0.1) is 5.56 Å². The Hall–Kier alpha value is -2.54. The number of alkyl halides is 3. The number of carbonyl (C=O) groups is 1. The maximum atomic E-state index is 13.3. The van der Waals surface area contributed by atoms with Crippen molar-refractivity contribution in [1.82, 2.24) is 9.80 Å². The maximum absolute atomic E-state index is 13.3. The number of piperidine rings is 1. The van der Waals surface area contributed by atoms with E-state index < -0.39 is 11.7 Å². The average Bonchev–Trinajstić information content (AvgIpc) is 2.84. The van der Waals surface area contributed by atoms with Crippen LogP contribution in [-0.4, -0.2) is 41.5 Å². The lowest BCUT2D eigenvalue weighted by molar-refractivity contribution is -0.137. The van der Waals surface area contributed by atoms with E-state index >= 15 is 0 Å². The zero-order valence-electron chi connectivity index (χ0n) is 19.6. The first-order chi connectivity index (χ1) is 16.4. The first kappa shape index (κ1) is 24.6. The molecule has 1 saturated carbocycles. The molecule has 2 amide bonds. The summed E-state index contributed by atoms with van der Waals surface area (Å²) in [6.07, 6.45) is 3.96. The molecule has 0 aromatic heterocycles. The summed E-state index contributed by atoms with van der Waals surface area (Å²) in [4.78, 5) is 17.6. The van der Waals surface area contributed by atoms with Crippen LogP contribution in [0.3, 0.4) is 0 Å². The minimum Gasteiger partial charge on any atom is -0.317 e. The van der Waals surface area contributed by atoms with E-state index in [1.165, 1.54) is 44.2 Å². The molecule has 0 spiro atoms. The fourth-order valence-electron chi connectivity index (χ4n) is 5.26. The molecule has 4 nitrogen and oxygen atoms in total. The fourth-order valence-corrected chi connectivity index (χ4v) is 5.26. The lowest BCUT2D eigenvalue weighted by Crippen LogP contribution is -2.49. The molecule has 0 atom stereocenters. The highest BCUT2D eigenvalue weighted by atomic mass is 19.4. The van der Waals surface area contributed by atoms with Gasteiger partial charge in [-0.2, -0.15) is 13.2 Å². The molecule has 0 radical (unpaired) electrons. The average molecular weight is 474 g/mol. The third-order valence-electron chi connectivity index (χ3n) is 7.14. The van der Waals surface area contributed by atoms with Crippen molar-refractivity contribution in [1.29, 1.82) is 0 Å². The number of benzene rings is 2. The van der Waals surface area contributed by atoms with Crippen LogP contribution in [0.2, 0.25) is 0 Å². The monoisotopic (exact) mass is 473 g/mol. The smallest absolute Gasteiger partial charge is 0.317 e. The molecule has 2 aromatic rings. The highest BCUT2D eigenvalue weighted by molar-refractivity contribution is 5.89. The molecular weight excluding hydrogens is 439 g/mol. The van der Waals surface area contributed by atoms with E-state index in [0.717, 1.165) is 56.1 Å². The van der Waals surface area contributed by atoms with Gasteiger partial charge in [0.2, 0.25) is 0 Å². The van der Waals surface area contributed by atoms with Gasteiger partial charge in [0.1, 0.15) is 0 Å². The number of urea groups is 1. The number of anilines is 1. The van der Waals surface area contributed by atoms with Gasteiger partial charge in [-0.1, -0.05) is 55.7 Å². The Morgan fingerprint density at radius 3 is 2.32 bits per heavy atom. The largest absolute Gasteiger partial charge is 0.416 e. The van der Waals surface area contributed by atoms with Gasteiger partial charge in [0.15, 0.2) is 0 Å². The number of halogens is 3. The van der Waals surface area contributed by atoms with Crippen LogP contribution in [0.5, 0.6) is 0 Å². The van der Waals surface area contributed by atoms with Crippen molar-refractivity contribution in [2.45, 2.75) is 63.7 Å². The first-order valence-electron chi connectivity index (χ1n) is 12.4. The highest BCUT2D eigenvalue weighted by Crippen LogP contribution is 2.31. The third-order valence-corrected chi connectivity index (χ3v) is 7.14. The standard InChI is InChI=1S/C27H34F3N3O/c28-27(29,30)23-12-7-13-24(18-23)31-26(34)33(20-22-10-5-2-6-11-22)25-14-16-32(17-15-25)19-21-8-3-1-4-9-21/h2,5-7,10-13,18,21,25H,1,3-4,8-9,14-17,19-20H2,(H,31,34). The molecule has 7 heteroatoms. The summed E-state index contributed by atoms with van der Waals surface area (Å²) in [5, 5.41) is 2.72. The molecule has 1 aliphatic heterocycles. The molecular formula is C27H34F3N3O. The summed E-state index contributed by atoms with van der Waals surface area (Å²) < 4.78 is 39.4. The predicted molar refractivity (Wildman–Crippen MR) is 128 cm³/mol. The van der Waals surface area contributed by atoms with E-state index in [1.807, 2.05) is 30.3 Å². The molecule has 1 N–H and O–H groups in total. The molecule has 184 valence electrons. The molecule has 1 aliphatic carbocycles. The number of hydrogen-bond acceptors (Lipinski definition) is 2. The van der Waals surface area contributed by atoms with Gasteiger partial charge < -0.3 is 15.1 Å². The molecule has 2 aliphatic rings. The molecule has 2 aromatic carbocycles. The minimum atomic E-state index is -4.45. The second-order valence-corrected chi connectivity index (χ2v) is 9.66. The lowest BCUT2D eigenvalue weighted by atomic mass is 9.88. The van der Waals surface area contributed by atoms with Gasteiger partial charge in [-0.05, 0) is 55.4 Å². The number of hydrogen-bond donors (Lipinski definition) is 1. The Morgan fingerprint density at radius 2 is 1.65 bits per heavy atom. The predicted octanol–water partition coefficient (Wildman–Crippen LogP) is 6.78. The van der Waals surface area contributed by atoms with Gasteiger partial charge >= 0.3 is 12.2 Å². The number of nitrogens with zero attached hydrogens (tertiary/aromatic N) is 2. The van der Waals surface area contributed by atoms with Gasteiger partial charge in [-0.15, -0.1) is 0 Å². The van der Waals surface area contributed by atoms with Crippen molar-refractivity contribution >= 4 is 11.7 Å². The van der Waals surface area contributed by atoms with Crippen molar-refractivity contribution in [3.8, 4) is 0 Å². The van der Waals surface area contributed by atoms with Crippen LogP contribution < -0.4 is 5.32 Å². The number of amides is 2. The summed E-state index contributed by atoms with van der Waals surface area (Å²) in [6.45, 7) is 3.47. The molecule has 1 heterocycles. The zero-order chi connectivity index (χ0) is 24.0. The third kappa shape index (κ3) is 6.75. The maximum Gasteiger partial charge on any atom is 0.416 e. The SMILES string of the molecule is O=C(Nc1cccc(C(F)(F)F)c1)N(Cc1ccccc1)C1CCN(CC2CCCCC2)CC1. The summed E-state index contributed by atoms with van der Waals surface area (Å²) in [6, 6.07) is 14.3. The second kappa shape index (κ2) is 11.3. The van der Waals surface area contributed by atoms with Gasteiger partial charge in [0, 0.05) is 37.9 Å². The van der Waals surface area contributed by atoms with Crippen LogP contribution >= 0.6 is 0 Å². The van der Waals surface area contributed by atoms with Crippen LogP contribution in [0.25, 0.3) is 0 Å². The number of carbonyl (C=O) groups excluding carboxylic acids is 1. The van der Waals surface area contributed by atoms with Crippen LogP contribution in [0.1, 0.15) is 56.1 Å². The Balaban J connectivity index is 1.42. The van der Waals surface area contributed by atoms with Crippen molar-refractivity contribution < 1.29 is 18.0 Å². The quantitative estimate of drug-likeness (QED) is 0.502. The Kier molecular flexibility index (Phi) is 8.14. The fraction of sp³-hybridized carbons (Fsp3) is 0.519. The second-order valence-electron chi connectivity index (χ2n) is 9.66. The van der Waals surface area contributed by atoms with E-state index in [-0.39, 0.29) is 17.8 Å². The summed E-state index contributed by atoms with van der Waals surface area (Å²) >= 11 is 0. The Bertz CT molecular complexity index is 920. The molecule has 2 fully saturated rings. The van der Waals surface area contributed by atoms with Gasteiger partial charge in [0.25, 0.3) is 0 Å². The first-order valence-corrected chi connectivity index (χ1v) is 12.4. The molecule has 0 bridgehead atoms. The van der Waals surface area contributed by atoms with Crippen LogP contribution in [-0.2, 0) is 12.7 Å². The molecule has 1 saturated heterocycles. The molecule has 4 rings (SSSR count). The van der Waals surface area contributed by atoms with Crippen LogP contribution in [0, 0.1) is 5.92 Å². The normalized spacial score (nSPS) is 18.6. The van der Waals surface area contributed by atoms with E-state index in [4.69, 9.17) is 0 Å². The van der Waals surface area contributed by atoms with E-state index in [2.05, 4.69) is 10.2 Å². The molecule has 0 unspecified atom stereocenters. The Morgan fingerprint density at radius 1 is 0.941 bits per heavy atom.